The van der Waals surface area contributed by atoms with Gasteiger partial charge in [0.15, 0.2) is 0 Å². The van der Waals surface area contributed by atoms with Crippen LogP contribution in [0.15, 0.2) is 48.8 Å². The minimum absolute atomic E-state index is 0.297. The number of aromatic nitrogens is 1. The molecule has 84 valence electrons. The number of pyridine rings is 1. The summed E-state index contributed by atoms with van der Waals surface area (Å²) in [5.41, 5.74) is 2.32. The third-order valence-electron chi connectivity index (χ3n) is 2.33. The highest BCUT2D eigenvalue weighted by molar-refractivity contribution is 5.88. The summed E-state index contributed by atoms with van der Waals surface area (Å²) < 4.78 is 0. The van der Waals surface area contributed by atoms with Crippen molar-refractivity contribution in [1.29, 1.82) is 0 Å². The zero-order valence-electron chi connectivity index (χ0n) is 9.08. The molecule has 0 radical (unpaired) electrons. The summed E-state index contributed by atoms with van der Waals surface area (Å²) >= 11 is 0. The Labute approximate surface area is 99.1 Å². The van der Waals surface area contributed by atoms with E-state index in [0.717, 1.165) is 11.1 Å². The van der Waals surface area contributed by atoms with Gasteiger partial charge in [-0.3, -0.25) is 4.98 Å². The molecule has 2 aromatic rings. The first-order valence-corrected chi connectivity index (χ1v) is 5.17. The van der Waals surface area contributed by atoms with E-state index in [2.05, 4.69) is 4.98 Å². The first-order chi connectivity index (χ1) is 8.25. The highest BCUT2D eigenvalue weighted by Crippen LogP contribution is 2.09. The van der Waals surface area contributed by atoms with E-state index < -0.39 is 5.97 Å². The first kappa shape index (κ1) is 11.1. The van der Waals surface area contributed by atoms with E-state index in [4.69, 9.17) is 5.11 Å². The van der Waals surface area contributed by atoms with Gasteiger partial charge < -0.3 is 5.11 Å². The lowest BCUT2D eigenvalue weighted by Crippen LogP contribution is -1.94. The van der Waals surface area contributed by atoms with E-state index in [-0.39, 0.29) is 0 Å². The summed E-state index contributed by atoms with van der Waals surface area (Å²) in [5.74, 6) is -0.908. The molecule has 0 atom stereocenters. The van der Waals surface area contributed by atoms with Gasteiger partial charge in [-0.25, -0.2) is 4.79 Å². The molecule has 0 fully saturated rings. The molecule has 1 heterocycles. The Balaban J connectivity index is 2.14. The summed E-state index contributed by atoms with van der Waals surface area (Å²) in [7, 11) is 0. The number of rotatable bonds is 3. The Morgan fingerprint density at radius 2 is 1.47 bits per heavy atom. The summed E-state index contributed by atoms with van der Waals surface area (Å²) in [5, 5.41) is 8.76. The molecule has 1 aromatic carbocycles. The molecule has 0 amide bonds. The number of benzene rings is 1. The van der Waals surface area contributed by atoms with Crippen molar-refractivity contribution in [2.75, 3.05) is 0 Å². The van der Waals surface area contributed by atoms with E-state index in [0.29, 0.717) is 5.56 Å². The van der Waals surface area contributed by atoms with Gasteiger partial charge in [0.1, 0.15) is 0 Å². The highest BCUT2D eigenvalue weighted by Gasteiger charge is 1.99. The van der Waals surface area contributed by atoms with Crippen LogP contribution in [0, 0.1) is 0 Å². The van der Waals surface area contributed by atoms with Gasteiger partial charge >= 0.3 is 5.97 Å². The Morgan fingerprint density at radius 1 is 0.941 bits per heavy atom. The van der Waals surface area contributed by atoms with Crippen LogP contribution in [-0.4, -0.2) is 16.1 Å². The molecule has 17 heavy (non-hydrogen) atoms. The summed E-state index contributed by atoms with van der Waals surface area (Å²) in [6, 6.07) is 10.6. The Morgan fingerprint density at radius 3 is 2.00 bits per heavy atom. The van der Waals surface area contributed by atoms with Crippen LogP contribution in [0.1, 0.15) is 21.5 Å². The van der Waals surface area contributed by atoms with E-state index in [1.54, 1.807) is 36.7 Å². The van der Waals surface area contributed by atoms with Gasteiger partial charge in [0.2, 0.25) is 0 Å². The molecule has 0 saturated carbocycles. The van der Waals surface area contributed by atoms with Gasteiger partial charge in [0, 0.05) is 12.4 Å². The topological polar surface area (TPSA) is 50.2 Å². The maximum absolute atomic E-state index is 10.7. The molecular formula is C14H11NO2. The number of carbonyl (C=O) groups is 1. The van der Waals surface area contributed by atoms with Gasteiger partial charge in [-0.1, -0.05) is 24.3 Å². The van der Waals surface area contributed by atoms with Crippen LogP contribution in [0.2, 0.25) is 0 Å². The van der Waals surface area contributed by atoms with Crippen molar-refractivity contribution in [3.05, 3.63) is 65.5 Å². The fourth-order valence-electron chi connectivity index (χ4n) is 1.40. The molecule has 1 N–H and O–H groups in total. The zero-order valence-corrected chi connectivity index (χ0v) is 9.08. The second-order valence-electron chi connectivity index (χ2n) is 3.54. The fourth-order valence-corrected chi connectivity index (χ4v) is 1.40. The lowest BCUT2D eigenvalue weighted by atomic mass is 10.1. The molecule has 0 aliphatic rings. The Hall–Kier alpha value is -2.42. The molecule has 2 rings (SSSR count). The normalized spacial score (nSPS) is 10.6. The standard InChI is InChI=1S/C14H11NO2/c16-14(17)13-5-3-11(4-6-13)1-2-12-7-9-15-10-8-12/h1-10H,(H,16,17)/b2-1+. The van der Waals surface area contributed by atoms with Crippen molar-refractivity contribution in [2.45, 2.75) is 0 Å². The number of carboxylic acids is 1. The molecule has 0 spiro atoms. The summed E-state index contributed by atoms with van der Waals surface area (Å²) in [6.07, 6.45) is 7.35. The summed E-state index contributed by atoms with van der Waals surface area (Å²) in [4.78, 5) is 14.6. The van der Waals surface area contributed by atoms with Gasteiger partial charge in [-0.05, 0) is 35.4 Å². The lowest BCUT2D eigenvalue weighted by Gasteiger charge is -1.96. The second kappa shape index (κ2) is 5.07. The quantitative estimate of drug-likeness (QED) is 0.873. The monoisotopic (exact) mass is 225 g/mol. The van der Waals surface area contributed by atoms with Crippen LogP contribution in [0.5, 0.6) is 0 Å². The van der Waals surface area contributed by atoms with Gasteiger partial charge in [0.25, 0.3) is 0 Å². The Bertz CT molecular complexity index is 530. The average molecular weight is 225 g/mol. The second-order valence-corrected chi connectivity index (χ2v) is 3.54. The van der Waals surface area contributed by atoms with Crippen LogP contribution in [0.4, 0.5) is 0 Å². The van der Waals surface area contributed by atoms with E-state index in [1.807, 2.05) is 24.3 Å². The van der Waals surface area contributed by atoms with Crippen LogP contribution in [0.25, 0.3) is 12.2 Å². The lowest BCUT2D eigenvalue weighted by molar-refractivity contribution is 0.0697. The van der Waals surface area contributed by atoms with E-state index in [9.17, 15) is 4.79 Å². The molecule has 0 aliphatic heterocycles. The molecule has 3 nitrogen and oxygen atoms in total. The number of aromatic carboxylic acids is 1. The predicted octanol–water partition coefficient (Wildman–Crippen LogP) is 2.95. The molecule has 0 unspecified atom stereocenters. The first-order valence-electron chi connectivity index (χ1n) is 5.17. The number of carboxylic acid groups (broad SMARTS) is 1. The maximum Gasteiger partial charge on any atom is 0.335 e. The molecule has 0 bridgehead atoms. The molecule has 0 aliphatic carbocycles. The smallest absolute Gasteiger partial charge is 0.335 e. The van der Waals surface area contributed by atoms with Gasteiger partial charge in [-0.15, -0.1) is 0 Å². The third-order valence-corrected chi connectivity index (χ3v) is 2.33. The number of nitrogens with zero attached hydrogens (tertiary/aromatic N) is 1. The third kappa shape index (κ3) is 3.01. The molecule has 3 heteroatoms. The van der Waals surface area contributed by atoms with Crippen LogP contribution < -0.4 is 0 Å². The van der Waals surface area contributed by atoms with E-state index >= 15 is 0 Å². The molecular weight excluding hydrogens is 214 g/mol. The van der Waals surface area contributed by atoms with Crippen molar-refractivity contribution in [3.8, 4) is 0 Å². The largest absolute Gasteiger partial charge is 0.478 e. The van der Waals surface area contributed by atoms with Crippen molar-refractivity contribution in [1.82, 2.24) is 4.98 Å². The summed E-state index contributed by atoms with van der Waals surface area (Å²) in [6.45, 7) is 0. The Kier molecular flexibility index (Phi) is 3.31. The van der Waals surface area contributed by atoms with Gasteiger partial charge in [0.05, 0.1) is 5.56 Å². The minimum atomic E-state index is -0.908. The van der Waals surface area contributed by atoms with Crippen molar-refractivity contribution in [2.24, 2.45) is 0 Å². The van der Waals surface area contributed by atoms with Crippen molar-refractivity contribution in [3.63, 3.8) is 0 Å². The zero-order chi connectivity index (χ0) is 12.1. The predicted molar refractivity (Wildman–Crippen MR) is 66.6 cm³/mol. The van der Waals surface area contributed by atoms with Crippen molar-refractivity contribution >= 4 is 18.1 Å². The van der Waals surface area contributed by atoms with E-state index in [1.165, 1.54) is 0 Å². The number of hydrogen-bond donors (Lipinski definition) is 1. The highest BCUT2D eigenvalue weighted by atomic mass is 16.4. The number of hydrogen-bond acceptors (Lipinski definition) is 2. The van der Waals surface area contributed by atoms with Crippen molar-refractivity contribution < 1.29 is 9.90 Å². The maximum atomic E-state index is 10.7. The molecule has 1 aromatic heterocycles. The van der Waals surface area contributed by atoms with Crippen LogP contribution in [0.3, 0.4) is 0 Å². The average Bonchev–Trinajstić information content (AvgIpc) is 2.38. The van der Waals surface area contributed by atoms with Crippen LogP contribution >= 0.6 is 0 Å². The minimum Gasteiger partial charge on any atom is -0.478 e. The van der Waals surface area contributed by atoms with Crippen LogP contribution in [-0.2, 0) is 0 Å². The fraction of sp³-hybridized carbons (Fsp3) is 0. The van der Waals surface area contributed by atoms with Gasteiger partial charge in [-0.2, -0.15) is 0 Å². The molecule has 0 saturated heterocycles. The SMILES string of the molecule is O=C(O)c1ccc(/C=C/c2ccncc2)cc1.